The summed E-state index contributed by atoms with van der Waals surface area (Å²) in [5.74, 6) is 1.39. The number of hydrogen-bond acceptors (Lipinski definition) is 5. The molecule has 0 spiro atoms. The number of nitrogens with two attached hydrogens (primary N) is 1. The molecule has 0 aliphatic heterocycles. The van der Waals surface area contributed by atoms with Gasteiger partial charge in [0.2, 0.25) is 0 Å². The van der Waals surface area contributed by atoms with E-state index in [-0.39, 0.29) is 0 Å². The van der Waals surface area contributed by atoms with Gasteiger partial charge in [-0.3, -0.25) is 0 Å². The summed E-state index contributed by atoms with van der Waals surface area (Å²) in [6, 6.07) is 12.3. The van der Waals surface area contributed by atoms with Crippen molar-refractivity contribution >= 4 is 16.6 Å². The zero-order valence-electron chi connectivity index (χ0n) is 18.3. The van der Waals surface area contributed by atoms with Gasteiger partial charge >= 0.3 is 0 Å². The van der Waals surface area contributed by atoms with Gasteiger partial charge in [0.1, 0.15) is 0 Å². The van der Waals surface area contributed by atoms with Crippen LogP contribution in [0.5, 0.6) is 11.5 Å². The first kappa shape index (κ1) is 22.0. The van der Waals surface area contributed by atoms with Crippen molar-refractivity contribution in [2.24, 2.45) is 0 Å². The van der Waals surface area contributed by atoms with Crippen molar-refractivity contribution in [3.8, 4) is 11.5 Å². The molecule has 3 aromatic rings. The summed E-state index contributed by atoms with van der Waals surface area (Å²) in [6.45, 7) is 4.02. The van der Waals surface area contributed by atoms with Crippen LogP contribution in [0.4, 0.5) is 5.69 Å². The van der Waals surface area contributed by atoms with Gasteiger partial charge in [-0.05, 0) is 69.2 Å². The van der Waals surface area contributed by atoms with E-state index in [0.29, 0.717) is 5.75 Å². The van der Waals surface area contributed by atoms with Crippen molar-refractivity contribution in [2.75, 3.05) is 53.2 Å². The number of ether oxygens (including phenoxy) is 2. The molecule has 162 valence electrons. The van der Waals surface area contributed by atoms with Crippen molar-refractivity contribution < 1.29 is 9.47 Å². The lowest BCUT2D eigenvalue weighted by Gasteiger charge is -2.16. The summed E-state index contributed by atoms with van der Waals surface area (Å²) in [7, 11) is 5.46. The molecule has 4 N–H and O–H groups in total. The number of methoxy groups -OCH3 is 2. The quantitative estimate of drug-likeness (QED) is 0.315. The molecule has 0 saturated heterocycles. The van der Waals surface area contributed by atoms with Crippen LogP contribution in [0.25, 0.3) is 10.9 Å². The smallest absolute Gasteiger partial charge is 0.162 e. The number of anilines is 1. The molecule has 0 amide bonds. The highest BCUT2D eigenvalue weighted by Gasteiger charge is 2.09. The maximum absolute atomic E-state index is 6.14. The molecular weight excluding hydrogens is 376 g/mol. The molecule has 0 saturated carbocycles. The molecule has 0 atom stereocenters. The number of hydrogen-bond donors (Lipinski definition) is 3. The largest absolute Gasteiger partial charge is 0.493 e. The number of aromatic nitrogens is 1. The lowest BCUT2D eigenvalue weighted by atomic mass is 10.1. The van der Waals surface area contributed by atoms with E-state index in [9.17, 15) is 0 Å². The SMILES string of the molecule is COc1cc(N)c(CCNCCCN(C)CCc2c[nH]c3ccccc23)cc1OC. The molecule has 0 bridgehead atoms. The van der Waals surface area contributed by atoms with Gasteiger partial charge in [0.05, 0.1) is 14.2 Å². The van der Waals surface area contributed by atoms with Crippen LogP contribution in [0.3, 0.4) is 0 Å². The summed E-state index contributed by atoms with van der Waals surface area (Å²) in [5.41, 5.74) is 10.6. The third-order valence-electron chi connectivity index (χ3n) is 5.55. The molecule has 0 fully saturated rings. The maximum Gasteiger partial charge on any atom is 0.162 e. The first-order valence-electron chi connectivity index (χ1n) is 10.6. The Hall–Kier alpha value is -2.70. The minimum absolute atomic E-state index is 0.669. The molecule has 6 nitrogen and oxygen atoms in total. The molecule has 0 aliphatic carbocycles. The van der Waals surface area contributed by atoms with E-state index in [1.54, 1.807) is 14.2 Å². The molecule has 1 heterocycles. The fourth-order valence-electron chi connectivity index (χ4n) is 3.74. The van der Waals surface area contributed by atoms with Crippen LogP contribution in [-0.4, -0.2) is 57.3 Å². The van der Waals surface area contributed by atoms with E-state index in [4.69, 9.17) is 15.2 Å². The molecule has 1 aromatic heterocycles. The van der Waals surface area contributed by atoms with E-state index in [1.807, 2.05) is 12.1 Å². The van der Waals surface area contributed by atoms with E-state index >= 15 is 0 Å². The van der Waals surface area contributed by atoms with Crippen molar-refractivity contribution in [3.63, 3.8) is 0 Å². The van der Waals surface area contributed by atoms with E-state index in [0.717, 1.165) is 62.4 Å². The Kier molecular flexibility index (Phi) is 7.99. The van der Waals surface area contributed by atoms with Gasteiger partial charge in [-0.25, -0.2) is 0 Å². The molecule has 2 aromatic carbocycles. The first-order chi connectivity index (χ1) is 14.6. The van der Waals surface area contributed by atoms with Crippen LogP contribution in [0.15, 0.2) is 42.6 Å². The average molecular weight is 411 g/mol. The summed E-state index contributed by atoms with van der Waals surface area (Å²) >= 11 is 0. The van der Waals surface area contributed by atoms with Crippen LogP contribution in [0, 0.1) is 0 Å². The molecular formula is C24H34N4O2. The van der Waals surface area contributed by atoms with Gasteiger partial charge in [0.15, 0.2) is 11.5 Å². The Morgan fingerprint density at radius 2 is 1.73 bits per heavy atom. The highest BCUT2D eigenvalue weighted by molar-refractivity contribution is 5.83. The topological polar surface area (TPSA) is 75.5 Å². The van der Waals surface area contributed by atoms with Crippen LogP contribution in [-0.2, 0) is 12.8 Å². The number of rotatable bonds is 12. The second-order valence-corrected chi connectivity index (χ2v) is 7.67. The Morgan fingerprint density at radius 3 is 2.53 bits per heavy atom. The highest BCUT2D eigenvalue weighted by atomic mass is 16.5. The van der Waals surface area contributed by atoms with Gasteiger partial charge in [-0.2, -0.15) is 0 Å². The Bertz CT molecular complexity index is 938. The zero-order chi connectivity index (χ0) is 21.3. The average Bonchev–Trinajstić information content (AvgIpc) is 3.18. The molecule has 0 radical (unpaired) electrons. The lowest BCUT2D eigenvalue weighted by molar-refractivity contribution is 0.331. The number of nitrogens with one attached hydrogen (secondary N) is 2. The standard InChI is InChI=1S/C24H34N4O2/c1-28(14-10-19-17-27-22-8-5-4-7-20(19)22)13-6-11-26-12-9-18-15-23(29-2)24(30-3)16-21(18)25/h4-5,7-8,15-17,26-27H,6,9-14,25H2,1-3H3. The summed E-state index contributed by atoms with van der Waals surface area (Å²) < 4.78 is 10.7. The minimum atomic E-state index is 0.669. The number of likely N-dealkylation sites (N-methyl/N-ethyl adjacent to an activating group) is 1. The van der Waals surface area contributed by atoms with Crippen molar-refractivity contribution in [2.45, 2.75) is 19.3 Å². The molecule has 0 aliphatic rings. The van der Waals surface area contributed by atoms with E-state index in [1.165, 1.54) is 16.5 Å². The van der Waals surface area contributed by atoms with Crippen LogP contribution >= 0.6 is 0 Å². The summed E-state index contributed by atoms with van der Waals surface area (Å²) in [4.78, 5) is 5.76. The van der Waals surface area contributed by atoms with Gasteiger partial charge < -0.3 is 30.4 Å². The first-order valence-corrected chi connectivity index (χ1v) is 10.6. The van der Waals surface area contributed by atoms with E-state index in [2.05, 4.69) is 52.7 Å². The normalized spacial score (nSPS) is 11.3. The third-order valence-corrected chi connectivity index (χ3v) is 5.55. The Labute approximate surface area is 179 Å². The van der Waals surface area contributed by atoms with Gasteiger partial charge in [-0.1, -0.05) is 18.2 Å². The second-order valence-electron chi connectivity index (χ2n) is 7.67. The van der Waals surface area contributed by atoms with Crippen molar-refractivity contribution in [1.82, 2.24) is 15.2 Å². The van der Waals surface area contributed by atoms with Crippen molar-refractivity contribution in [3.05, 3.63) is 53.7 Å². The van der Waals surface area contributed by atoms with Crippen LogP contribution < -0.4 is 20.5 Å². The van der Waals surface area contributed by atoms with Gasteiger partial charge in [0, 0.05) is 35.4 Å². The third kappa shape index (κ3) is 5.68. The Balaban J connectivity index is 1.33. The molecule has 3 rings (SSSR count). The van der Waals surface area contributed by atoms with Gasteiger partial charge in [0.25, 0.3) is 0 Å². The van der Waals surface area contributed by atoms with Crippen LogP contribution in [0.2, 0.25) is 0 Å². The second kappa shape index (κ2) is 10.9. The monoisotopic (exact) mass is 410 g/mol. The zero-order valence-corrected chi connectivity index (χ0v) is 18.3. The van der Waals surface area contributed by atoms with E-state index < -0.39 is 0 Å². The maximum atomic E-state index is 6.14. The number of H-pyrrole nitrogens is 1. The molecule has 6 heteroatoms. The fourth-order valence-corrected chi connectivity index (χ4v) is 3.74. The predicted octanol–water partition coefficient (Wildman–Crippen LogP) is 3.46. The van der Waals surface area contributed by atoms with Crippen molar-refractivity contribution in [1.29, 1.82) is 0 Å². The number of benzene rings is 2. The molecule has 30 heavy (non-hydrogen) atoms. The number of aromatic amines is 1. The number of para-hydroxylation sites is 1. The fraction of sp³-hybridized carbons (Fsp3) is 0.417. The van der Waals surface area contributed by atoms with Gasteiger partial charge in [-0.15, -0.1) is 0 Å². The summed E-state index contributed by atoms with van der Waals surface area (Å²) in [6.07, 6.45) is 5.18. The highest BCUT2D eigenvalue weighted by Crippen LogP contribution is 2.31. The minimum Gasteiger partial charge on any atom is -0.493 e. The number of nitrogens with zero attached hydrogens (tertiary/aromatic N) is 1. The number of fused-ring (bicyclic) bond motifs is 1. The summed E-state index contributed by atoms with van der Waals surface area (Å²) in [5, 5.41) is 4.85. The molecule has 0 unspecified atom stereocenters. The van der Waals surface area contributed by atoms with Crippen LogP contribution in [0.1, 0.15) is 17.5 Å². The predicted molar refractivity (Wildman–Crippen MR) is 125 cm³/mol. The Morgan fingerprint density at radius 1 is 0.967 bits per heavy atom. The lowest BCUT2D eigenvalue weighted by Crippen LogP contribution is -2.26. The number of nitrogen functional groups attached to an aromatic ring is 1.